The van der Waals surface area contributed by atoms with E-state index in [-0.39, 0.29) is 32.9 Å². The fraction of sp³-hybridized carbons (Fsp3) is 0.0698. The van der Waals surface area contributed by atoms with Crippen LogP contribution in [0.25, 0.3) is 21.8 Å². The van der Waals surface area contributed by atoms with E-state index in [0.717, 1.165) is 31.6 Å². The number of hydrogen-bond donors (Lipinski definition) is 0. The number of para-hydroxylation sites is 2. The summed E-state index contributed by atoms with van der Waals surface area (Å²) in [7, 11) is 1.50. The third-order valence-corrected chi connectivity index (χ3v) is 9.98. The number of fused-ring (bicyclic) bond motifs is 2. The highest BCUT2D eigenvalue weighted by molar-refractivity contribution is 9.10. The van der Waals surface area contributed by atoms with Crippen LogP contribution in [-0.4, -0.2) is 47.7 Å². The Labute approximate surface area is 346 Å². The van der Waals surface area contributed by atoms with Gasteiger partial charge in [0.1, 0.15) is 14.4 Å². The highest BCUT2D eigenvalue weighted by atomic mass is 79.9. The second-order valence-corrected chi connectivity index (χ2v) is 14.6. The first-order valence-electron chi connectivity index (χ1n) is 17.3. The van der Waals surface area contributed by atoms with Crippen LogP contribution in [0.15, 0.2) is 153 Å². The van der Waals surface area contributed by atoms with Crippen LogP contribution in [0.4, 0.5) is 0 Å². The van der Waals surface area contributed by atoms with Gasteiger partial charge in [-0.25, -0.2) is 19.9 Å². The summed E-state index contributed by atoms with van der Waals surface area (Å²) in [6.45, 7) is 0.834. The van der Waals surface area contributed by atoms with Crippen molar-refractivity contribution in [1.29, 1.82) is 0 Å². The first-order valence-corrected chi connectivity index (χ1v) is 19.2. The Kier molecular flexibility index (Phi) is 11.9. The summed E-state index contributed by atoms with van der Waals surface area (Å²) in [5, 5.41) is 1.24. The first kappa shape index (κ1) is 39.1. The number of carbonyl (C=O) groups excluding carboxylic acids is 2. The molecule has 0 radical (unpaired) electrons. The zero-order chi connectivity index (χ0) is 40.1. The van der Waals surface area contributed by atoms with Crippen molar-refractivity contribution in [2.24, 2.45) is 0 Å². The van der Waals surface area contributed by atoms with Crippen LogP contribution >= 0.6 is 43.5 Å². The molecule has 0 bridgehead atoms. The van der Waals surface area contributed by atoms with E-state index in [2.05, 4.69) is 51.8 Å². The molecule has 8 rings (SSSR count). The van der Waals surface area contributed by atoms with E-state index in [4.69, 9.17) is 16.3 Å². The molecule has 0 saturated carbocycles. The van der Waals surface area contributed by atoms with Gasteiger partial charge in [-0.05, 0) is 98.6 Å². The lowest BCUT2D eigenvalue weighted by Gasteiger charge is -2.13. The summed E-state index contributed by atoms with van der Waals surface area (Å²) in [5.41, 5.74) is 3.27. The van der Waals surface area contributed by atoms with Gasteiger partial charge in [0.05, 0.1) is 53.7 Å². The summed E-state index contributed by atoms with van der Waals surface area (Å²) >= 11 is 12.5. The van der Waals surface area contributed by atoms with Crippen molar-refractivity contribution in [2.45, 2.75) is 13.1 Å². The molecule has 14 heteroatoms. The second-order valence-electron chi connectivity index (χ2n) is 12.6. The van der Waals surface area contributed by atoms with E-state index in [1.807, 2.05) is 69.8 Å². The topological polar surface area (TPSA) is 139 Å². The van der Waals surface area contributed by atoms with E-state index in [9.17, 15) is 19.2 Å². The number of nitrogens with zero attached hydrogens (tertiary/aromatic N) is 6. The average Bonchev–Trinajstić information content (AvgIpc) is 3.23. The fourth-order valence-electron chi connectivity index (χ4n) is 6.16. The number of methoxy groups -OCH3 is 1. The zero-order valence-corrected chi connectivity index (χ0v) is 33.9. The molecule has 2 aromatic carbocycles. The largest absolute Gasteiger partial charge is 0.481 e. The van der Waals surface area contributed by atoms with Crippen molar-refractivity contribution in [1.82, 2.24) is 29.1 Å². The summed E-state index contributed by atoms with van der Waals surface area (Å²) in [5.74, 6) is -0.374. The summed E-state index contributed by atoms with van der Waals surface area (Å²) in [6, 6.07) is 32.0. The van der Waals surface area contributed by atoms with Crippen LogP contribution in [0.1, 0.15) is 43.2 Å². The molecule has 0 N–H and O–H groups in total. The van der Waals surface area contributed by atoms with E-state index in [0.29, 0.717) is 40.9 Å². The van der Waals surface area contributed by atoms with Crippen LogP contribution in [0.3, 0.4) is 0 Å². The lowest BCUT2D eigenvalue weighted by molar-refractivity contribution is 0.102. The molecule has 8 aromatic rings. The molecule has 0 aliphatic heterocycles. The summed E-state index contributed by atoms with van der Waals surface area (Å²) in [4.78, 5) is 68.9. The summed E-state index contributed by atoms with van der Waals surface area (Å²) < 4.78 is 10.2. The molecule has 0 atom stereocenters. The van der Waals surface area contributed by atoms with Gasteiger partial charge in [0.2, 0.25) is 16.7 Å². The lowest BCUT2D eigenvalue weighted by Crippen LogP contribution is -2.20. The Balaban J connectivity index is 0.000000174. The standard InChI is InChI=1S/C22H16BrN3O3.C21H13BrClN3O2/c1-29-20-10-9-14(11-24-20)21(27)17-13-26(12-15-5-4-8-19(23)25-15)18-7-3-2-6-16(18)22(17)28;22-18-7-3-4-14(25-18)11-26-12-16(20(27)13-8-9-19(23)24-10-13)21(28)15-5-1-2-6-17(15)26/h2-11,13H,12H2,1H3;1-10,12H,11H2. The van der Waals surface area contributed by atoms with Crippen molar-refractivity contribution in [3.63, 3.8) is 0 Å². The van der Waals surface area contributed by atoms with Crippen molar-refractivity contribution in [2.75, 3.05) is 7.11 Å². The predicted octanol–water partition coefficient (Wildman–Crippen LogP) is 8.33. The van der Waals surface area contributed by atoms with Gasteiger partial charge in [-0.3, -0.25) is 19.2 Å². The molecule has 0 saturated heterocycles. The van der Waals surface area contributed by atoms with Gasteiger partial charge in [-0.1, -0.05) is 48.0 Å². The summed E-state index contributed by atoms with van der Waals surface area (Å²) in [6.07, 6.45) is 5.97. The van der Waals surface area contributed by atoms with Gasteiger partial charge in [0.15, 0.2) is 11.6 Å². The Morgan fingerprint density at radius 2 is 1.09 bits per heavy atom. The van der Waals surface area contributed by atoms with E-state index >= 15 is 0 Å². The van der Waals surface area contributed by atoms with E-state index in [1.54, 1.807) is 54.9 Å². The number of rotatable bonds is 9. The van der Waals surface area contributed by atoms with Crippen molar-refractivity contribution < 1.29 is 14.3 Å². The maximum absolute atomic E-state index is 13.1. The van der Waals surface area contributed by atoms with Gasteiger partial charge in [0.25, 0.3) is 0 Å². The molecule has 6 aromatic heterocycles. The minimum absolute atomic E-state index is 0.0813. The lowest BCUT2D eigenvalue weighted by atomic mass is 10.0. The molecule has 0 spiro atoms. The van der Waals surface area contributed by atoms with E-state index < -0.39 is 5.78 Å². The third kappa shape index (κ3) is 8.81. The number of ether oxygens (including phenoxy) is 1. The van der Waals surface area contributed by atoms with Gasteiger partial charge < -0.3 is 13.9 Å². The van der Waals surface area contributed by atoms with Crippen LogP contribution in [-0.2, 0) is 13.1 Å². The van der Waals surface area contributed by atoms with Crippen LogP contribution in [0, 0.1) is 0 Å². The normalized spacial score (nSPS) is 10.9. The van der Waals surface area contributed by atoms with Crippen LogP contribution < -0.4 is 15.6 Å². The van der Waals surface area contributed by atoms with Gasteiger partial charge in [0, 0.05) is 52.8 Å². The van der Waals surface area contributed by atoms with E-state index in [1.165, 1.54) is 25.6 Å². The SMILES string of the molecule is COc1ccc(C(=O)c2cn(Cc3cccc(Br)n3)c3ccccc3c2=O)cn1.O=C(c1ccc(Cl)nc1)c1cn(Cc2cccc(Br)n2)c2ccccc2c1=O. The molecular weight excluding hydrogens is 876 g/mol. The molecule has 57 heavy (non-hydrogen) atoms. The quantitative estimate of drug-likeness (QED) is 0.103. The van der Waals surface area contributed by atoms with Crippen LogP contribution in [0.2, 0.25) is 5.15 Å². The molecule has 0 amide bonds. The maximum atomic E-state index is 13.1. The van der Waals surface area contributed by atoms with Crippen molar-refractivity contribution >= 4 is 76.8 Å². The van der Waals surface area contributed by atoms with Crippen LogP contribution in [0.5, 0.6) is 5.88 Å². The number of halogens is 3. The molecule has 0 aliphatic carbocycles. The molecule has 11 nitrogen and oxygen atoms in total. The molecule has 282 valence electrons. The molecule has 0 unspecified atom stereocenters. The first-order chi connectivity index (χ1) is 27.6. The van der Waals surface area contributed by atoms with Gasteiger partial charge in [-0.2, -0.15) is 0 Å². The second kappa shape index (κ2) is 17.3. The smallest absolute Gasteiger partial charge is 0.212 e. The Morgan fingerprint density at radius 3 is 1.51 bits per heavy atom. The predicted molar refractivity (Wildman–Crippen MR) is 225 cm³/mol. The number of pyridine rings is 6. The average molecular weight is 905 g/mol. The number of hydrogen-bond acceptors (Lipinski definition) is 9. The molecule has 6 heterocycles. The number of benzene rings is 2. The highest BCUT2D eigenvalue weighted by Crippen LogP contribution is 2.19. The third-order valence-electron chi connectivity index (χ3n) is 8.87. The van der Waals surface area contributed by atoms with Gasteiger partial charge >= 0.3 is 0 Å². The number of ketones is 2. The molecule has 0 fully saturated rings. The Hall–Kier alpha value is -6.15. The fourth-order valence-corrected chi connectivity index (χ4v) is 7.03. The van der Waals surface area contributed by atoms with Gasteiger partial charge in [-0.15, -0.1) is 0 Å². The van der Waals surface area contributed by atoms with Crippen molar-refractivity contribution in [3.8, 4) is 5.88 Å². The number of aromatic nitrogens is 6. The number of carbonyl (C=O) groups is 2. The minimum Gasteiger partial charge on any atom is -0.481 e. The maximum Gasteiger partial charge on any atom is 0.212 e. The molecular formula is C43H29Br2ClN6O5. The zero-order valence-electron chi connectivity index (χ0n) is 30.0. The molecule has 0 aliphatic rings. The Bertz CT molecular complexity index is 2920. The van der Waals surface area contributed by atoms with Crippen molar-refractivity contribution in [3.05, 3.63) is 202 Å². The Morgan fingerprint density at radius 1 is 0.614 bits per heavy atom. The minimum atomic E-state index is -0.393. The highest BCUT2D eigenvalue weighted by Gasteiger charge is 2.19. The monoisotopic (exact) mass is 902 g/mol.